The van der Waals surface area contributed by atoms with Gasteiger partial charge in [-0.25, -0.2) is 0 Å². The van der Waals surface area contributed by atoms with Gasteiger partial charge in [0, 0.05) is 11.3 Å². The lowest BCUT2D eigenvalue weighted by Crippen LogP contribution is -2.10. The van der Waals surface area contributed by atoms with E-state index in [1.54, 1.807) is 7.11 Å². The van der Waals surface area contributed by atoms with E-state index in [1.165, 1.54) is 0 Å². The molecule has 3 nitrogen and oxygen atoms in total. The molecule has 74 valence electrons. The number of methoxy groups -OCH3 is 1. The molecule has 1 aliphatic carbocycles. The Balaban J connectivity index is 2.93. The SMILES string of the molecule is C=NC1=C(C(=C)OC)CC(C#N)CC1. The molecule has 0 aliphatic heterocycles. The third-order valence-electron chi connectivity index (χ3n) is 2.48. The van der Waals surface area contributed by atoms with Crippen LogP contribution in [0.15, 0.2) is 28.6 Å². The molecule has 0 fully saturated rings. The molecule has 0 spiro atoms. The number of ether oxygens (including phenoxy) is 1. The van der Waals surface area contributed by atoms with Crippen LogP contribution >= 0.6 is 0 Å². The van der Waals surface area contributed by atoms with E-state index in [1.807, 2.05) is 0 Å². The highest BCUT2D eigenvalue weighted by molar-refractivity contribution is 5.38. The van der Waals surface area contributed by atoms with Gasteiger partial charge in [-0.1, -0.05) is 6.58 Å². The van der Waals surface area contributed by atoms with Gasteiger partial charge in [0.2, 0.25) is 0 Å². The van der Waals surface area contributed by atoms with Crippen LogP contribution in [0.3, 0.4) is 0 Å². The quantitative estimate of drug-likeness (QED) is 0.506. The van der Waals surface area contributed by atoms with Crippen molar-refractivity contribution in [2.24, 2.45) is 10.9 Å². The summed E-state index contributed by atoms with van der Waals surface area (Å²) >= 11 is 0. The van der Waals surface area contributed by atoms with E-state index in [-0.39, 0.29) is 5.92 Å². The minimum absolute atomic E-state index is 0.0578. The Morgan fingerprint density at radius 1 is 1.71 bits per heavy atom. The molecule has 0 aromatic rings. The summed E-state index contributed by atoms with van der Waals surface area (Å²) in [7, 11) is 1.58. The van der Waals surface area contributed by atoms with Crippen molar-refractivity contribution >= 4 is 6.72 Å². The highest BCUT2D eigenvalue weighted by Gasteiger charge is 2.22. The van der Waals surface area contributed by atoms with E-state index in [4.69, 9.17) is 10.00 Å². The molecule has 0 saturated heterocycles. The van der Waals surface area contributed by atoms with E-state index < -0.39 is 0 Å². The Morgan fingerprint density at radius 3 is 2.93 bits per heavy atom. The molecule has 1 rings (SSSR count). The molecule has 0 N–H and O–H groups in total. The van der Waals surface area contributed by atoms with Gasteiger partial charge in [0.25, 0.3) is 0 Å². The number of nitriles is 1. The second kappa shape index (κ2) is 4.61. The molecule has 0 aromatic heterocycles. The summed E-state index contributed by atoms with van der Waals surface area (Å²) in [4.78, 5) is 3.95. The van der Waals surface area contributed by atoms with Gasteiger partial charge in [-0.3, -0.25) is 4.99 Å². The van der Waals surface area contributed by atoms with Gasteiger partial charge in [0.05, 0.1) is 19.1 Å². The van der Waals surface area contributed by atoms with Gasteiger partial charge >= 0.3 is 0 Å². The number of rotatable bonds is 3. The molecule has 1 aliphatic rings. The zero-order valence-corrected chi connectivity index (χ0v) is 8.42. The van der Waals surface area contributed by atoms with Gasteiger partial charge in [-0.15, -0.1) is 0 Å². The van der Waals surface area contributed by atoms with Crippen LogP contribution in [0.1, 0.15) is 19.3 Å². The third kappa shape index (κ3) is 2.02. The second-order valence-corrected chi connectivity index (χ2v) is 3.28. The number of hydrogen-bond acceptors (Lipinski definition) is 3. The Morgan fingerprint density at radius 2 is 2.43 bits per heavy atom. The zero-order valence-electron chi connectivity index (χ0n) is 8.42. The third-order valence-corrected chi connectivity index (χ3v) is 2.48. The number of allylic oxidation sites excluding steroid dienone is 2. The zero-order chi connectivity index (χ0) is 10.6. The molecular formula is C11H14N2O. The first-order valence-corrected chi connectivity index (χ1v) is 4.54. The minimum atomic E-state index is 0.0578. The maximum atomic E-state index is 8.83. The summed E-state index contributed by atoms with van der Waals surface area (Å²) in [6, 6.07) is 2.26. The van der Waals surface area contributed by atoms with Crippen LogP contribution in [-0.2, 0) is 4.74 Å². The topological polar surface area (TPSA) is 45.4 Å². The summed E-state index contributed by atoms with van der Waals surface area (Å²) in [5.41, 5.74) is 1.86. The molecule has 14 heavy (non-hydrogen) atoms. The van der Waals surface area contributed by atoms with Crippen LogP contribution in [0.2, 0.25) is 0 Å². The first kappa shape index (κ1) is 10.5. The number of aliphatic imine (C=N–C) groups is 1. The lowest BCUT2D eigenvalue weighted by molar-refractivity contribution is 0.295. The van der Waals surface area contributed by atoms with Crippen molar-refractivity contribution in [1.82, 2.24) is 0 Å². The average molecular weight is 190 g/mol. The maximum absolute atomic E-state index is 8.83. The second-order valence-electron chi connectivity index (χ2n) is 3.28. The van der Waals surface area contributed by atoms with Gasteiger partial charge in [0.15, 0.2) is 0 Å². The lowest BCUT2D eigenvalue weighted by atomic mass is 9.87. The van der Waals surface area contributed by atoms with Crippen molar-refractivity contribution in [1.29, 1.82) is 5.26 Å². The molecule has 0 radical (unpaired) electrons. The number of nitrogens with zero attached hydrogens (tertiary/aromatic N) is 2. The van der Waals surface area contributed by atoms with Gasteiger partial charge in [0.1, 0.15) is 5.76 Å². The fourth-order valence-corrected chi connectivity index (χ4v) is 1.61. The fraction of sp³-hybridized carbons (Fsp3) is 0.455. The fourth-order valence-electron chi connectivity index (χ4n) is 1.61. The summed E-state index contributed by atoms with van der Waals surface area (Å²) in [6.07, 6.45) is 2.32. The summed E-state index contributed by atoms with van der Waals surface area (Å²) in [5.74, 6) is 0.662. The van der Waals surface area contributed by atoms with E-state index in [9.17, 15) is 0 Å². The van der Waals surface area contributed by atoms with Gasteiger partial charge in [-0.05, 0) is 26.0 Å². The van der Waals surface area contributed by atoms with Crippen molar-refractivity contribution in [3.63, 3.8) is 0 Å². The molecule has 0 saturated carbocycles. The Kier molecular flexibility index (Phi) is 3.47. The van der Waals surface area contributed by atoms with Crippen LogP contribution in [0.25, 0.3) is 0 Å². The van der Waals surface area contributed by atoms with E-state index >= 15 is 0 Å². The monoisotopic (exact) mass is 190 g/mol. The number of hydrogen-bond donors (Lipinski definition) is 0. The van der Waals surface area contributed by atoms with Crippen molar-refractivity contribution < 1.29 is 4.74 Å². The Hall–Kier alpha value is -1.56. The van der Waals surface area contributed by atoms with Crippen LogP contribution in [0.4, 0.5) is 0 Å². The molecule has 0 amide bonds. The first-order valence-electron chi connectivity index (χ1n) is 4.54. The molecule has 0 bridgehead atoms. The standard InChI is InChI=1S/C11H14N2O/c1-8(14-3)10-6-9(7-12)4-5-11(10)13-2/h9H,1-2,4-6H2,3H3. The normalized spacial score (nSPS) is 21.3. The van der Waals surface area contributed by atoms with E-state index in [0.717, 1.165) is 24.1 Å². The summed E-state index contributed by atoms with van der Waals surface area (Å²) in [5, 5.41) is 8.83. The first-order chi connectivity index (χ1) is 6.72. The summed E-state index contributed by atoms with van der Waals surface area (Å²) in [6.45, 7) is 7.30. The van der Waals surface area contributed by atoms with Crippen LogP contribution in [-0.4, -0.2) is 13.8 Å². The van der Waals surface area contributed by atoms with Crippen molar-refractivity contribution in [3.8, 4) is 6.07 Å². The highest BCUT2D eigenvalue weighted by atomic mass is 16.5. The smallest absolute Gasteiger partial charge is 0.116 e. The highest BCUT2D eigenvalue weighted by Crippen LogP contribution is 2.33. The van der Waals surface area contributed by atoms with Crippen molar-refractivity contribution in [2.45, 2.75) is 19.3 Å². The van der Waals surface area contributed by atoms with Crippen LogP contribution in [0, 0.1) is 17.2 Å². The maximum Gasteiger partial charge on any atom is 0.116 e. The summed E-state index contributed by atoms with van der Waals surface area (Å²) < 4.78 is 5.07. The Bertz CT molecular complexity index is 323. The average Bonchev–Trinajstić information content (AvgIpc) is 2.27. The molecule has 1 unspecified atom stereocenters. The van der Waals surface area contributed by atoms with Crippen LogP contribution < -0.4 is 0 Å². The Labute approximate surface area is 84.4 Å². The molecule has 0 heterocycles. The van der Waals surface area contributed by atoms with E-state index in [0.29, 0.717) is 12.2 Å². The molecule has 1 atom stereocenters. The minimum Gasteiger partial charge on any atom is -0.497 e. The predicted molar refractivity (Wildman–Crippen MR) is 55.7 cm³/mol. The van der Waals surface area contributed by atoms with Crippen molar-refractivity contribution in [2.75, 3.05) is 7.11 Å². The van der Waals surface area contributed by atoms with Crippen LogP contribution in [0.5, 0.6) is 0 Å². The largest absolute Gasteiger partial charge is 0.497 e. The lowest BCUT2D eigenvalue weighted by Gasteiger charge is -2.21. The van der Waals surface area contributed by atoms with E-state index in [2.05, 4.69) is 24.4 Å². The van der Waals surface area contributed by atoms with Gasteiger partial charge in [-0.2, -0.15) is 5.26 Å². The van der Waals surface area contributed by atoms with Gasteiger partial charge < -0.3 is 4.74 Å². The molecule has 3 heteroatoms. The molecule has 0 aromatic carbocycles. The molecular weight excluding hydrogens is 176 g/mol. The van der Waals surface area contributed by atoms with Crippen molar-refractivity contribution in [3.05, 3.63) is 23.6 Å². The predicted octanol–water partition coefficient (Wildman–Crippen LogP) is 2.42.